The molecule has 110 valence electrons. The molecule has 0 saturated heterocycles. The van der Waals surface area contributed by atoms with E-state index in [0.717, 1.165) is 0 Å². The number of hydrogen-bond donors (Lipinski definition) is 2. The summed E-state index contributed by atoms with van der Waals surface area (Å²) >= 11 is 7.23. The van der Waals surface area contributed by atoms with Crippen molar-refractivity contribution in [3.8, 4) is 11.6 Å². The lowest BCUT2D eigenvalue weighted by atomic mass is 10.3. The zero-order valence-corrected chi connectivity index (χ0v) is 12.7. The predicted molar refractivity (Wildman–Crippen MR) is 85.0 cm³/mol. The summed E-state index contributed by atoms with van der Waals surface area (Å²) in [5, 5.41) is 2.98. The molecule has 0 fully saturated rings. The number of benzene rings is 1. The Bertz CT molecular complexity index is 616. The van der Waals surface area contributed by atoms with Gasteiger partial charge < -0.3 is 15.8 Å². The number of rotatable bonds is 5. The molecular formula is C13H13ClN4O2S. The van der Waals surface area contributed by atoms with Crippen LogP contribution in [0.3, 0.4) is 0 Å². The second kappa shape index (κ2) is 7.14. The normalized spacial score (nSPS) is 10.2. The smallest absolute Gasteiger partial charge is 0.234 e. The molecule has 0 radical (unpaired) electrons. The summed E-state index contributed by atoms with van der Waals surface area (Å²) in [5.41, 5.74) is 6.18. The second-order valence-electron chi connectivity index (χ2n) is 3.99. The van der Waals surface area contributed by atoms with Crippen LogP contribution < -0.4 is 15.8 Å². The first-order valence-corrected chi connectivity index (χ1v) is 7.71. The molecule has 0 spiro atoms. The fourth-order valence-corrected chi connectivity index (χ4v) is 2.04. The molecule has 0 atom stereocenters. The van der Waals surface area contributed by atoms with E-state index in [4.69, 9.17) is 22.1 Å². The Morgan fingerprint density at radius 1 is 1.38 bits per heavy atom. The van der Waals surface area contributed by atoms with Crippen LogP contribution in [-0.2, 0) is 4.79 Å². The molecule has 8 heteroatoms. The number of carbonyl (C=O) groups is 1. The first kappa shape index (κ1) is 15.4. The lowest BCUT2D eigenvalue weighted by Crippen LogP contribution is -2.13. The summed E-state index contributed by atoms with van der Waals surface area (Å²) in [6, 6.07) is 8.35. The van der Waals surface area contributed by atoms with Crippen LogP contribution in [-0.4, -0.2) is 27.9 Å². The van der Waals surface area contributed by atoms with Crippen LogP contribution in [0.4, 0.5) is 11.6 Å². The van der Waals surface area contributed by atoms with Gasteiger partial charge in [0.15, 0.2) is 0 Å². The van der Waals surface area contributed by atoms with Crippen LogP contribution in [0, 0.1) is 0 Å². The molecule has 0 aliphatic rings. The van der Waals surface area contributed by atoms with Crippen LogP contribution in [0.25, 0.3) is 0 Å². The number of anilines is 2. The van der Waals surface area contributed by atoms with Gasteiger partial charge in [0, 0.05) is 11.8 Å². The SMILES string of the molecule is CSCC(=O)Nc1ccc(Oc2cc(Cl)nc(N)n2)cc1. The highest BCUT2D eigenvalue weighted by Crippen LogP contribution is 2.23. The van der Waals surface area contributed by atoms with Crippen molar-refractivity contribution < 1.29 is 9.53 Å². The topological polar surface area (TPSA) is 90.1 Å². The molecule has 1 aromatic carbocycles. The molecule has 2 rings (SSSR count). The maximum atomic E-state index is 11.5. The standard InChI is InChI=1S/C13H13ClN4O2S/c1-21-7-11(19)16-8-2-4-9(5-3-8)20-12-6-10(14)17-13(15)18-12/h2-6H,7H2,1H3,(H,16,19)(H2,15,17,18). The highest BCUT2D eigenvalue weighted by Gasteiger charge is 2.05. The Balaban J connectivity index is 2.03. The van der Waals surface area contributed by atoms with Gasteiger partial charge in [0.2, 0.25) is 17.7 Å². The van der Waals surface area contributed by atoms with Gasteiger partial charge in [0.1, 0.15) is 10.9 Å². The van der Waals surface area contributed by atoms with Crippen molar-refractivity contribution in [2.24, 2.45) is 0 Å². The number of nitrogens with zero attached hydrogens (tertiary/aromatic N) is 2. The van der Waals surface area contributed by atoms with E-state index in [2.05, 4.69) is 15.3 Å². The average Bonchev–Trinajstić information content (AvgIpc) is 2.40. The lowest BCUT2D eigenvalue weighted by Gasteiger charge is -2.07. The molecule has 21 heavy (non-hydrogen) atoms. The zero-order chi connectivity index (χ0) is 15.2. The van der Waals surface area contributed by atoms with Crippen LogP contribution in [0.5, 0.6) is 11.6 Å². The zero-order valence-electron chi connectivity index (χ0n) is 11.2. The van der Waals surface area contributed by atoms with Crippen molar-refractivity contribution in [1.82, 2.24) is 9.97 Å². The van der Waals surface area contributed by atoms with Gasteiger partial charge in [-0.05, 0) is 30.5 Å². The van der Waals surface area contributed by atoms with Crippen molar-refractivity contribution in [3.63, 3.8) is 0 Å². The van der Waals surface area contributed by atoms with Crippen molar-refractivity contribution in [1.29, 1.82) is 0 Å². The van der Waals surface area contributed by atoms with E-state index >= 15 is 0 Å². The summed E-state index contributed by atoms with van der Waals surface area (Å²) in [6.07, 6.45) is 1.87. The minimum Gasteiger partial charge on any atom is -0.439 e. The third kappa shape index (κ3) is 4.80. The van der Waals surface area contributed by atoms with Crippen molar-refractivity contribution in [3.05, 3.63) is 35.5 Å². The number of ether oxygens (including phenoxy) is 1. The fraction of sp³-hybridized carbons (Fsp3) is 0.154. The molecular weight excluding hydrogens is 312 g/mol. The highest BCUT2D eigenvalue weighted by molar-refractivity contribution is 7.99. The Labute approximate surface area is 131 Å². The van der Waals surface area contributed by atoms with Crippen LogP contribution in [0.15, 0.2) is 30.3 Å². The monoisotopic (exact) mass is 324 g/mol. The van der Waals surface area contributed by atoms with Gasteiger partial charge in [0.25, 0.3) is 0 Å². The summed E-state index contributed by atoms with van der Waals surface area (Å²) in [4.78, 5) is 19.1. The number of carbonyl (C=O) groups excluding carboxylic acids is 1. The van der Waals surface area contributed by atoms with Gasteiger partial charge in [-0.15, -0.1) is 0 Å². The van der Waals surface area contributed by atoms with Crippen molar-refractivity contribution in [2.75, 3.05) is 23.1 Å². The molecule has 2 aromatic rings. The van der Waals surface area contributed by atoms with Crippen LogP contribution in [0.2, 0.25) is 5.15 Å². The van der Waals surface area contributed by atoms with Gasteiger partial charge in [-0.3, -0.25) is 4.79 Å². The summed E-state index contributed by atoms with van der Waals surface area (Å²) in [7, 11) is 0. The van der Waals surface area contributed by atoms with Crippen LogP contribution >= 0.6 is 23.4 Å². The minimum atomic E-state index is -0.0495. The number of nitrogen functional groups attached to an aromatic ring is 1. The summed E-state index contributed by atoms with van der Waals surface area (Å²) in [6.45, 7) is 0. The molecule has 3 N–H and O–H groups in total. The molecule has 1 aromatic heterocycles. The van der Waals surface area contributed by atoms with Crippen molar-refractivity contribution >= 4 is 40.9 Å². The molecule has 0 bridgehead atoms. The number of halogens is 1. The van der Waals surface area contributed by atoms with Gasteiger partial charge in [-0.1, -0.05) is 11.6 Å². The Hall–Kier alpha value is -1.99. The van der Waals surface area contributed by atoms with Gasteiger partial charge in [0.05, 0.1) is 5.75 Å². The van der Waals surface area contributed by atoms with E-state index in [9.17, 15) is 4.79 Å². The molecule has 0 unspecified atom stereocenters. The van der Waals surface area contributed by atoms with E-state index in [0.29, 0.717) is 17.2 Å². The minimum absolute atomic E-state index is 0.0402. The Morgan fingerprint density at radius 3 is 2.71 bits per heavy atom. The Morgan fingerprint density at radius 2 is 2.10 bits per heavy atom. The summed E-state index contributed by atoms with van der Waals surface area (Å²) < 4.78 is 5.52. The quantitative estimate of drug-likeness (QED) is 0.822. The molecule has 6 nitrogen and oxygen atoms in total. The number of hydrogen-bond acceptors (Lipinski definition) is 6. The average molecular weight is 325 g/mol. The Kier molecular flexibility index (Phi) is 5.24. The molecule has 1 heterocycles. The predicted octanol–water partition coefficient (Wildman–Crippen LogP) is 2.81. The lowest BCUT2D eigenvalue weighted by molar-refractivity contribution is -0.113. The fourth-order valence-electron chi connectivity index (χ4n) is 1.52. The first-order valence-electron chi connectivity index (χ1n) is 5.93. The van der Waals surface area contributed by atoms with Gasteiger partial charge in [-0.25, -0.2) is 4.98 Å². The number of thioether (sulfide) groups is 1. The summed E-state index contributed by atoms with van der Waals surface area (Å²) in [5.74, 6) is 1.21. The maximum absolute atomic E-state index is 11.5. The first-order chi connectivity index (χ1) is 10.1. The third-order valence-corrected chi connectivity index (χ3v) is 3.07. The van der Waals surface area contributed by atoms with Crippen LogP contribution in [0.1, 0.15) is 0 Å². The van der Waals surface area contributed by atoms with E-state index in [-0.39, 0.29) is 22.9 Å². The molecule has 1 amide bonds. The highest BCUT2D eigenvalue weighted by atomic mass is 35.5. The third-order valence-electron chi connectivity index (χ3n) is 2.32. The van der Waals surface area contributed by atoms with E-state index in [1.54, 1.807) is 24.3 Å². The molecule has 0 saturated carbocycles. The van der Waals surface area contributed by atoms with Crippen molar-refractivity contribution in [2.45, 2.75) is 0 Å². The molecule has 0 aliphatic carbocycles. The number of aromatic nitrogens is 2. The van der Waals surface area contributed by atoms with Gasteiger partial charge in [-0.2, -0.15) is 16.7 Å². The number of nitrogens with one attached hydrogen (secondary N) is 1. The second-order valence-corrected chi connectivity index (χ2v) is 5.25. The number of amides is 1. The van der Waals surface area contributed by atoms with Gasteiger partial charge >= 0.3 is 0 Å². The number of nitrogens with two attached hydrogens (primary N) is 1. The van der Waals surface area contributed by atoms with E-state index in [1.807, 2.05) is 6.26 Å². The van der Waals surface area contributed by atoms with E-state index in [1.165, 1.54) is 17.8 Å². The largest absolute Gasteiger partial charge is 0.439 e. The maximum Gasteiger partial charge on any atom is 0.234 e. The molecule has 0 aliphatic heterocycles. The van der Waals surface area contributed by atoms with E-state index < -0.39 is 0 Å².